The summed E-state index contributed by atoms with van der Waals surface area (Å²) in [5.74, 6) is 0.382. The molecule has 3 aromatic rings. The molecule has 3 rings (SSSR count). The fourth-order valence-corrected chi connectivity index (χ4v) is 3.48. The summed E-state index contributed by atoms with van der Waals surface area (Å²) in [6.45, 7) is 0.455. The molecular formula is C17H15Cl2N5O2S2. The molecule has 0 saturated heterocycles. The van der Waals surface area contributed by atoms with Crippen LogP contribution in [0.5, 0.6) is 0 Å². The Bertz CT molecular complexity index is 1110. The molecule has 4 N–H and O–H groups in total. The maximum absolute atomic E-state index is 11.3. The standard InChI is InChI=1S/C17H15Cl2N5O2S2/c18-14-4-2-1-3-11(14)9-24-10-15(19)16(23-24)22-17(27)21-12-5-7-13(8-6-12)28(20,25)26/h1-8,10H,9H2,(H2,20,25,26)(H2,21,22,23,27). The number of aromatic nitrogens is 2. The first-order chi connectivity index (χ1) is 13.2. The van der Waals surface area contributed by atoms with E-state index in [2.05, 4.69) is 15.7 Å². The van der Waals surface area contributed by atoms with Gasteiger partial charge in [-0.25, -0.2) is 13.6 Å². The Labute approximate surface area is 177 Å². The van der Waals surface area contributed by atoms with Gasteiger partial charge in [0.2, 0.25) is 10.0 Å². The molecule has 0 bridgehead atoms. The van der Waals surface area contributed by atoms with E-state index in [0.717, 1.165) is 5.56 Å². The fourth-order valence-electron chi connectivity index (χ4n) is 2.36. The summed E-state index contributed by atoms with van der Waals surface area (Å²) >= 11 is 17.6. The van der Waals surface area contributed by atoms with Gasteiger partial charge < -0.3 is 10.6 Å². The molecule has 1 aromatic heterocycles. The molecule has 146 valence electrons. The number of anilines is 2. The first-order valence-corrected chi connectivity index (χ1v) is 10.6. The minimum absolute atomic E-state index is 0.0123. The summed E-state index contributed by atoms with van der Waals surface area (Å²) < 4.78 is 24.2. The molecule has 0 amide bonds. The number of thiocarbonyl (C=S) groups is 1. The first kappa shape index (κ1) is 20.6. The van der Waals surface area contributed by atoms with Gasteiger partial charge in [0.05, 0.1) is 11.4 Å². The maximum atomic E-state index is 11.3. The molecule has 0 radical (unpaired) electrons. The molecule has 0 aliphatic carbocycles. The van der Waals surface area contributed by atoms with Crippen LogP contribution in [0.1, 0.15) is 5.56 Å². The van der Waals surface area contributed by atoms with Crippen molar-refractivity contribution in [2.45, 2.75) is 11.4 Å². The molecule has 0 aliphatic rings. The van der Waals surface area contributed by atoms with Gasteiger partial charge in [-0.3, -0.25) is 4.68 Å². The number of nitrogens with zero attached hydrogens (tertiary/aromatic N) is 2. The number of nitrogens with one attached hydrogen (secondary N) is 2. The number of rotatable bonds is 5. The minimum atomic E-state index is -3.74. The van der Waals surface area contributed by atoms with E-state index in [9.17, 15) is 8.42 Å². The highest BCUT2D eigenvalue weighted by atomic mass is 35.5. The van der Waals surface area contributed by atoms with E-state index in [4.69, 9.17) is 40.6 Å². The highest BCUT2D eigenvalue weighted by Crippen LogP contribution is 2.22. The third-order valence-corrected chi connectivity index (χ3v) is 5.46. The molecule has 0 saturated carbocycles. The van der Waals surface area contributed by atoms with Crippen molar-refractivity contribution >= 4 is 62.1 Å². The van der Waals surface area contributed by atoms with Gasteiger partial charge in [-0.15, -0.1) is 0 Å². The van der Waals surface area contributed by atoms with E-state index < -0.39 is 10.0 Å². The molecule has 7 nitrogen and oxygen atoms in total. The molecule has 0 spiro atoms. The summed E-state index contributed by atoms with van der Waals surface area (Å²) in [6.07, 6.45) is 1.66. The molecule has 2 aromatic carbocycles. The number of halogens is 2. The van der Waals surface area contributed by atoms with Crippen LogP contribution < -0.4 is 15.8 Å². The van der Waals surface area contributed by atoms with Crippen molar-refractivity contribution in [2.75, 3.05) is 10.6 Å². The summed E-state index contributed by atoms with van der Waals surface area (Å²) in [6, 6.07) is 13.3. The lowest BCUT2D eigenvalue weighted by Gasteiger charge is -2.09. The van der Waals surface area contributed by atoms with Crippen molar-refractivity contribution < 1.29 is 8.42 Å². The van der Waals surface area contributed by atoms with Crippen molar-refractivity contribution in [3.63, 3.8) is 0 Å². The molecule has 0 aliphatic heterocycles. The van der Waals surface area contributed by atoms with Crippen LogP contribution >= 0.6 is 35.4 Å². The molecular weight excluding hydrogens is 441 g/mol. The number of hydrogen-bond donors (Lipinski definition) is 3. The average molecular weight is 456 g/mol. The van der Waals surface area contributed by atoms with E-state index in [1.54, 1.807) is 29.1 Å². The predicted molar refractivity (Wildman–Crippen MR) is 115 cm³/mol. The lowest BCUT2D eigenvalue weighted by atomic mass is 10.2. The van der Waals surface area contributed by atoms with Gasteiger partial charge in [-0.05, 0) is 48.1 Å². The van der Waals surface area contributed by atoms with E-state index in [1.807, 2.05) is 18.2 Å². The van der Waals surface area contributed by atoms with E-state index in [-0.39, 0.29) is 10.0 Å². The number of benzene rings is 2. The number of nitrogens with two attached hydrogens (primary N) is 1. The quantitative estimate of drug-likeness (QED) is 0.506. The van der Waals surface area contributed by atoms with E-state index >= 15 is 0 Å². The van der Waals surface area contributed by atoms with Crippen LogP contribution in [0.2, 0.25) is 10.0 Å². The minimum Gasteiger partial charge on any atom is -0.332 e. The van der Waals surface area contributed by atoms with Crippen molar-refractivity contribution in [1.82, 2.24) is 9.78 Å². The van der Waals surface area contributed by atoms with E-state index in [1.165, 1.54) is 12.1 Å². The van der Waals surface area contributed by atoms with Gasteiger partial charge in [0.25, 0.3) is 0 Å². The van der Waals surface area contributed by atoms with Crippen LogP contribution in [-0.2, 0) is 16.6 Å². The van der Waals surface area contributed by atoms with Gasteiger partial charge in [-0.2, -0.15) is 5.10 Å². The zero-order valence-electron chi connectivity index (χ0n) is 14.3. The second-order valence-corrected chi connectivity index (χ2v) is 8.55. The summed E-state index contributed by atoms with van der Waals surface area (Å²) in [5, 5.41) is 16.5. The topological polar surface area (TPSA) is 102 Å². The largest absolute Gasteiger partial charge is 0.332 e. The number of primary sulfonamides is 1. The zero-order valence-corrected chi connectivity index (χ0v) is 17.4. The van der Waals surface area contributed by atoms with Crippen LogP contribution in [0.25, 0.3) is 0 Å². The molecule has 0 atom stereocenters. The normalized spacial score (nSPS) is 11.2. The Balaban J connectivity index is 1.66. The Morgan fingerprint density at radius 3 is 2.39 bits per heavy atom. The van der Waals surface area contributed by atoms with Gasteiger partial charge >= 0.3 is 0 Å². The highest BCUT2D eigenvalue weighted by Gasteiger charge is 2.11. The molecule has 11 heteroatoms. The monoisotopic (exact) mass is 455 g/mol. The SMILES string of the molecule is NS(=O)(=O)c1ccc(NC(=S)Nc2nn(Cc3ccccc3Cl)cc2Cl)cc1. The highest BCUT2D eigenvalue weighted by molar-refractivity contribution is 7.89. The van der Waals surface area contributed by atoms with Gasteiger partial charge in [0.1, 0.15) is 5.02 Å². The Hall–Kier alpha value is -2.17. The molecule has 1 heterocycles. The van der Waals surface area contributed by atoms with Gasteiger partial charge in [0.15, 0.2) is 10.9 Å². The smallest absolute Gasteiger partial charge is 0.238 e. The summed E-state index contributed by atoms with van der Waals surface area (Å²) in [4.78, 5) is 0.0123. The maximum Gasteiger partial charge on any atom is 0.238 e. The average Bonchev–Trinajstić information content (AvgIpc) is 2.95. The third-order valence-electron chi connectivity index (χ3n) is 3.68. The van der Waals surface area contributed by atoms with E-state index in [0.29, 0.717) is 28.1 Å². The van der Waals surface area contributed by atoms with Crippen LogP contribution in [0.15, 0.2) is 59.6 Å². The summed E-state index contributed by atoms with van der Waals surface area (Å²) in [7, 11) is -3.74. The third kappa shape index (κ3) is 5.21. The Kier molecular flexibility index (Phi) is 6.21. The zero-order chi connectivity index (χ0) is 20.3. The van der Waals surface area contributed by atoms with Crippen molar-refractivity contribution in [1.29, 1.82) is 0 Å². The lowest BCUT2D eigenvalue weighted by molar-refractivity contribution is 0.598. The van der Waals surface area contributed by atoms with Crippen LogP contribution in [-0.4, -0.2) is 23.3 Å². The van der Waals surface area contributed by atoms with Crippen LogP contribution in [0, 0.1) is 0 Å². The second-order valence-electron chi connectivity index (χ2n) is 5.76. The van der Waals surface area contributed by atoms with Crippen molar-refractivity contribution in [3.8, 4) is 0 Å². The molecule has 0 unspecified atom stereocenters. The van der Waals surface area contributed by atoms with Gasteiger partial charge in [0, 0.05) is 16.9 Å². The van der Waals surface area contributed by atoms with Crippen LogP contribution in [0.4, 0.5) is 11.5 Å². The predicted octanol–water partition coefficient (Wildman–Crippen LogP) is 3.69. The number of sulfonamides is 1. The number of hydrogen-bond acceptors (Lipinski definition) is 4. The Morgan fingerprint density at radius 1 is 1.07 bits per heavy atom. The second kappa shape index (κ2) is 8.46. The molecule has 0 fully saturated rings. The van der Waals surface area contributed by atoms with Gasteiger partial charge in [-0.1, -0.05) is 41.4 Å². The Morgan fingerprint density at radius 2 is 1.75 bits per heavy atom. The fraction of sp³-hybridized carbons (Fsp3) is 0.0588. The first-order valence-electron chi connectivity index (χ1n) is 7.89. The molecule has 28 heavy (non-hydrogen) atoms. The van der Waals surface area contributed by atoms with Crippen LogP contribution in [0.3, 0.4) is 0 Å². The van der Waals surface area contributed by atoms with Crippen molar-refractivity contribution in [3.05, 3.63) is 70.3 Å². The summed E-state index contributed by atoms with van der Waals surface area (Å²) in [5.41, 5.74) is 1.49. The van der Waals surface area contributed by atoms with Crippen molar-refractivity contribution in [2.24, 2.45) is 5.14 Å². The lowest BCUT2D eigenvalue weighted by Crippen LogP contribution is -2.20.